The predicted molar refractivity (Wildman–Crippen MR) is 84.6 cm³/mol. The Hall–Kier alpha value is -1.76. The lowest BCUT2D eigenvalue weighted by atomic mass is 10.0. The van der Waals surface area contributed by atoms with E-state index in [0.29, 0.717) is 0 Å². The van der Waals surface area contributed by atoms with Crippen molar-refractivity contribution in [3.8, 4) is 0 Å². The van der Waals surface area contributed by atoms with Gasteiger partial charge < -0.3 is 4.98 Å². The maximum absolute atomic E-state index is 3.57. The quantitative estimate of drug-likeness (QED) is 0.722. The fourth-order valence-corrected chi connectivity index (χ4v) is 2.28. The van der Waals surface area contributed by atoms with Crippen molar-refractivity contribution < 1.29 is 0 Å². The van der Waals surface area contributed by atoms with Crippen molar-refractivity contribution in [3.63, 3.8) is 0 Å². The molecule has 1 aromatic carbocycles. The average Bonchev–Trinajstić information content (AvgIpc) is 2.71. The van der Waals surface area contributed by atoms with Gasteiger partial charge in [0.05, 0.1) is 0 Å². The Morgan fingerprint density at radius 2 is 1.58 bits per heavy atom. The number of aromatic nitrogens is 1. The molecule has 1 nitrogen and oxygen atoms in total. The van der Waals surface area contributed by atoms with E-state index in [4.69, 9.17) is 0 Å². The second-order valence-electron chi connectivity index (χ2n) is 5.60. The Bertz CT molecular complexity index is 618. The van der Waals surface area contributed by atoms with E-state index in [9.17, 15) is 0 Å². The van der Waals surface area contributed by atoms with Crippen molar-refractivity contribution in [2.75, 3.05) is 0 Å². The first-order chi connectivity index (χ1) is 9.08. The predicted octanol–water partition coefficient (Wildman–Crippen LogP) is 5.19. The van der Waals surface area contributed by atoms with Gasteiger partial charge in [-0.15, -0.1) is 0 Å². The topological polar surface area (TPSA) is 15.8 Å². The van der Waals surface area contributed by atoms with E-state index < -0.39 is 0 Å². The van der Waals surface area contributed by atoms with Crippen LogP contribution in [0.2, 0.25) is 0 Å². The molecule has 0 unspecified atom stereocenters. The molecule has 1 N–H and O–H groups in total. The maximum atomic E-state index is 3.57. The number of H-pyrrole nitrogens is 1. The number of nitrogens with one attached hydrogen (secondary N) is 1. The van der Waals surface area contributed by atoms with Crippen LogP contribution in [0, 0.1) is 0 Å². The molecule has 1 heterocycles. The van der Waals surface area contributed by atoms with Crippen molar-refractivity contribution in [2.45, 2.75) is 40.5 Å². The first-order valence-corrected chi connectivity index (χ1v) is 6.93. The van der Waals surface area contributed by atoms with Gasteiger partial charge in [-0.2, -0.15) is 0 Å². The summed E-state index contributed by atoms with van der Waals surface area (Å²) < 4.78 is 0. The Labute approximate surface area is 116 Å². The van der Waals surface area contributed by atoms with E-state index in [1.807, 2.05) is 0 Å². The van der Waals surface area contributed by atoms with Gasteiger partial charge in [-0.1, -0.05) is 41.5 Å². The Balaban J connectivity index is 2.45. The molecule has 0 aliphatic heterocycles. The van der Waals surface area contributed by atoms with Crippen molar-refractivity contribution in [2.24, 2.45) is 0 Å². The summed E-state index contributed by atoms with van der Waals surface area (Å²) >= 11 is 0. The normalized spacial score (nSPS) is 10.5. The molecule has 2 rings (SSSR count). The van der Waals surface area contributed by atoms with Gasteiger partial charge >= 0.3 is 0 Å². The summed E-state index contributed by atoms with van der Waals surface area (Å²) in [5, 5.41) is 1.36. The summed E-state index contributed by atoms with van der Waals surface area (Å²) in [4.78, 5) is 3.57. The SMILES string of the molecule is CC(C)=CCc1[nH]c2ccccc2c1CC=C(C)C. The van der Waals surface area contributed by atoms with E-state index >= 15 is 0 Å². The lowest BCUT2D eigenvalue weighted by Crippen LogP contribution is -1.90. The van der Waals surface area contributed by atoms with E-state index in [2.05, 4.69) is 69.1 Å². The Kier molecular flexibility index (Phi) is 4.26. The third-order valence-electron chi connectivity index (χ3n) is 3.33. The first-order valence-electron chi connectivity index (χ1n) is 6.93. The average molecular weight is 253 g/mol. The molecule has 0 saturated carbocycles. The summed E-state index contributed by atoms with van der Waals surface area (Å²) in [6, 6.07) is 8.58. The molecule has 2 aromatic rings. The molecule has 0 spiro atoms. The summed E-state index contributed by atoms with van der Waals surface area (Å²) in [5.41, 5.74) is 6.77. The van der Waals surface area contributed by atoms with Gasteiger partial charge in [-0.25, -0.2) is 0 Å². The van der Waals surface area contributed by atoms with Crippen molar-refractivity contribution in [3.05, 3.63) is 58.8 Å². The van der Waals surface area contributed by atoms with Crippen LogP contribution >= 0.6 is 0 Å². The number of hydrogen-bond donors (Lipinski definition) is 1. The molecule has 19 heavy (non-hydrogen) atoms. The molecule has 0 fully saturated rings. The molecule has 0 atom stereocenters. The second kappa shape index (κ2) is 5.92. The molecule has 1 heteroatoms. The molecular formula is C18H23N. The van der Waals surface area contributed by atoms with Gasteiger partial charge in [-0.05, 0) is 45.7 Å². The van der Waals surface area contributed by atoms with Crippen LogP contribution in [-0.2, 0) is 12.8 Å². The molecule has 0 amide bonds. The smallest absolute Gasteiger partial charge is 0.0459 e. The van der Waals surface area contributed by atoms with Crippen molar-refractivity contribution in [1.29, 1.82) is 0 Å². The fourth-order valence-electron chi connectivity index (χ4n) is 2.28. The second-order valence-corrected chi connectivity index (χ2v) is 5.60. The van der Waals surface area contributed by atoms with Gasteiger partial charge in [0.25, 0.3) is 0 Å². The number of rotatable bonds is 4. The van der Waals surface area contributed by atoms with Crippen LogP contribution in [0.5, 0.6) is 0 Å². The summed E-state index contributed by atoms with van der Waals surface area (Å²) in [6.45, 7) is 8.62. The molecule has 0 bridgehead atoms. The zero-order valence-corrected chi connectivity index (χ0v) is 12.4. The number of allylic oxidation sites excluding steroid dienone is 4. The number of aromatic amines is 1. The van der Waals surface area contributed by atoms with Gasteiger partial charge in [-0.3, -0.25) is 0 Å². The summed E-state index contributed by atoms with van der Waals surface area (Å²) in [7, 11) is 0. The lowest BCUT2D eigenvalue weighted by Gasteiger charge is -2.01. The first kappa shape index (κ1) is 13.7. The highest BCUT2D eigenvalue weighted by atomic mass is 14.7. The van der Waals surface area contributed by atoms with E-state index in [1.54, 1.807) is 0 Å². The highest BCUT2D eigenvalue weighted by Gasteiger charge is 2.08. The minimum absolute atomic E-state index is 0.989. The van der Waals surface area contributed by atoms with E-state index in [-0.39, 0.29) is 0 Å². The highest BCUT2D eigenvalue weighted by molar-refractivity contribution is 5.84. The molecule has 100 valence electrons. The van der Waals surface area contributed by atoms with Gasteiger partial charge in [0.2, 0.25) is 0 Å². The van der Waals surface area contributed by atoms with Gasteiger partial charge in [0, 0.05) is 23.0 Å². The number of fused-ring (bicyclic) bond motifs is 1. The fraction of sp³-hybridized carbons (Fsp3) is 0.333. The van der Waals surface area contributed by atoms with Gasteiger partial charge in [0.15, 0.2) is 0 Å². The zero-order chi connectivity index (χ0) is 13.8. The minimum Gasteiger partial charge on any atom is -0.358 e. The molecule has 0 aliphatic rings. The molecule has 0 saturated heterocycles. The van der Waals surface area contributed by atoms with E-state index in [1.165, 1.54) is 33.3 Å². The van der Waals surface area contributed by atoms with Crippen LogP contribution in [0.3, 0.4) is 0 Å². The van der Waals surface area contributed by atoms with Crippen LogP contribution in [0.25, 0.3) is 10.9 Å². The summed E-state index contributed by atoms with van der Waals surface area (Å²) in [5.74, 6) is 0. The monoisotopic (exact) mass is 253 g/mol. The minimum atomic E-state index is 0.989. The lowest BCUT2D eigenvalue weighted by molar-refractivity contribution is 1.08. The third kappa shape index (κ3) is 3.37. The zero-order valence-electron chi connectivity index (χ0n) is 12.4. The standard InChI is InChI=1S/C18H23N/c1-13(2)9-11-16-15-7-5-6-8-17(15)19-18(16)12-10-14(3)4/h5-10,19H,11-12H2,1-4H3. The molecular weight excluding hydrogens is 230 g/mol. The maximum Gasteiger partial charge on any atom is 0.0459 e. The molecule has 0 radical (unpaired) electrons. The molecule has 1 aromatic heterocycles. The van der Waals surface area contributed by atoms with Crippen LogP contribution < -0.4 is 0 Å². The van der Waals surface area contributed by atoms with Crippen LogP contribution in [0.4, 0.5) is 0 Å². The third-order valence-corrected chi connectivity index (χ3v) is 3.33. The van der Waals surface area contributed by atoms with Crippen molar-refractivity contribution >= 4 is 10.9 Å². The Morgan fingerprint density at radius 1 is 0.947 bits per heavy atom. The largest absolute Gasteiger partial charge is 0.358 e. The number of benzene rings is 1. The van der Waals surface area contributed by atoms with Crippen LogP contribution in [-0.4, -0.2) is 4.98 Å². The van der Waals surface area contributed by atoms with Crippen molar-refractivity contribution in [1.82, 2.24) is 4.98 Å². The summed E-state index contributed by atoms with van der Waals surface area (Å²) in [6.07, 6.45) is 6.60. The highest BCUT2D eigenvalue weighted by Crippen LogP contribution is 2.24. The Morgan fingerprint density at radius 3 is 2.26 bits per heavy atom. The number of para-hydroxylation sites is 1. The van der Waals surface area contributed by atoms with Crippen LogP contribution in [0.1, 0.15) is 39.0 Å². The molecule has 0 aliphatic carbocycles. The van der Waals surface area contributed by atoms with Gasteiger partial charge in [0.1, 0.15) is 0 Å². The van der Waals surface area contributed by atoms with E-state index in [0.717, 1.165) is 12.8 Å². The van der Waals surface area contributed by atoms with Crippen LogP contribution in [0.15, 0.2) is 47.6 Å². The number of hydrogen-bond acceptors (Lipinski definition) is 0.